The summed E-state index contributed by atoms with van der Waals surface area (Å²) in [7, 11) is 0. The van der Waals surface area contributed by atoms with Crippen LogP contribution in [0.3, 0.4) is 0 Å². The molecule has 0 fully saturated rings. The van der Waals surface area contributed by atoms with Crippen molar-refractivity contribution in [3.05, 3.63) is 0 Å². The van der Waals surface area contributed by atoms with E-state index in [4.69, 9.17) is 19.5 Å². The molecule has 53 heavy (non-hydrogen) atoms. The van der Waals surface area contributed by atoms with E-state index in [1.165, 1.54) is 12.8 Å². The van der Waals surface area contributed by atoms with Crippen LogP contribution < -0.4 is 0 Å². The molecule has 0 aromatic rings. The Kier molecular flexibility index (Phi) is 33.0. The first-order chi connectivity index (χ1) is 25.4. The molecule has 310 valence electrons. The SMILES string of the molecule is CC(C)CCC(COC(=O)CCCCCCCCCC(CCCCCCCCCC(=O)OCC(CCC(C)C)C(C)C)C(=O)OCCCC#N)C(C)C. The predicted molar refractivity (Wildman–Crippen MR) is 219 cm³/mol. The third kappa shape index (κ3) is 31.9. The maximum absolute atomic E-state index is 12.9. The van der Waals surface area contributed by atoms with E-state index < -0.39 is 0 Å². The van der Waals surface area contributed by atoms with Gasteiger partial charge in [-0.2, -0.15) is 5.26 Å². The smallest absolute Gasteiger partial charge is 0.308 e. The molecule has 0 amide bonds. The summed E-state index contributed by atoms with van der Waals surface area (Å²) in [6.07, 6.45) is 23.4. The molecular weight excluding hydrogens is 663 g/mol. The molecule has 0 bridgehead atoms. The fraction of sp³-hybridized carbons (Fsp3) is 0.913. The number of carbonyl (C=O) groups is 3. The maximum atomic E-state index is 12.9. The fourth-order valence-corrected chi connectivity index (χ4v) is 6.77. The summed E-state index contributed by atoms with van der Waals surface area (Å²) >= 11 is 0. The second kappa shape index (κ2) is 34.4. The highest BCUT2D eigenvalue weighted by molar-refractivity contribution is 5.72. The van der Waals surface area contributed by atoms with Crippen LogP contribution in [0.5, 0.6) is 0 Å². The largest absolute Gasteiger partial charge is 0.465 e. The van der Waals surface area contributed by atoms with Crippen LogP contribution >= 0.6 is 0 Å². The highest BCUT2D eigenvalue weighted by Gasteiger charge is 2.20. The lowest BCUT2D eigenvalue weighted by atomic mass is 9.89. The van der Waals surface area contributed by atoms with Crippen molar-refractivity contribution in [1.82, 2.24) is 0 Å². The zero-order valence-corrected chi connectivity index (χ0v) is 36.0. The van der Waals surface area contributed by atoms with Crippen molar-refractivity contribution in [2.45, 2.75) is 209 Å². The van der Waals surface area contributed by atoms with Crippen molar-refractivity contribution in [2.24, 2.45) is 41.4 Å². The van der Waals surface area contributed by atoms with Crippen LogP contribution in [-0.4, -0.2) is 37.7 Å². The molecule has 0 aromatic heterocycles. The summed E-state index contributed by atoms with van der Waals surface area (Å²) in [6, 6.07) is 2.12. The molecule has 0 heterocycles. The number of esters is 3. The normalized spacial score (nSPS) is 13.3. The Morgan fingerprint density at radius 1 is 0.472 bits per heavy atom. The second-order valence-electron chi connectivity index (χ2n) is 17.5. The molecule has 0 N–H and O–H groups in total. The minimum atomic E-state index is -0.0963. The van der Waals surface area contributed by atoms with Gasteiger partial charge < -0.3 is 14.2 Å². The quantitative estimate of drug-likeness (QED) is 0.0357. The van der Waals surface area contributed by atoms with Gasteiger partial charge in [0.05, 0.1) is 31.8 Å². The van der Waals surface area contributed by atoms with Gasteiger partial charge in [-0.15, -0.1) is 0 Å². The molecule has 7 nitrogen and oxygen atoms in total. The molecule has 2 atom stereocenters. The third-order valence-electron chi connectivity index (χ3n) is 10.9. The van der Waals surface area contributed by atoms with Crippen LogP contribution in [0.15, 0.2) is 0 Å². The van der Waals surface area contributed by atoms with Crippen molar-refractivity contribution in [2.75, 3.05) is 19.8 Å². The maximum Gasteiger partial charge on any atom is 0.308 e. The van der Waals surface area contributed by atoms with Crippen LogP contribution in [0.1, 0.15) is 209 Å². The molecule has 0 aliphatic heterocycles. The van der Waals surface area contributed by atoms with Crippen LogP contribution in [0, 0.1) is 52.8 Å². The van der Waals surface area contributed by atoms with Gasteiger partial charge in [0, 0.05) is 19.3 Å². The van der Waals surface area contributed by atoms with Crippen molar-refractivity contribution < 1.29 is 28.6 Å². The van der Waals surface area contributed by atoms with E-state index in [9.17, 15) is 14.4 Å². The van der Waals surface area contributed by atoms with Gasteiger partial charge in [-0.25, -0.2) is 0 Å². The molecular formula is C46H85NO6. The zero-order chi connectivity index (χ0) is 39.7. The van der Waals surface area contributed by atoms with E-state index in [-0.39, 0.29) is 23.8 Å². The van der Waals surface area contributed by atoms with Crippen LogP contribution in [-0.2, 0) is 28.6 Å². The molecule has 0 aromatic carbocycles. The Hall–Kier alpha value is -2.10. The van der Waals surface area contributed by atoms with E-state index in [0.29, 0.717) is 81.0 Å². The number of rotatable bonds is 36. The van der Waals surface area contributed by atoms with Crippen molar-refractivity contribution in [1.29, 1.82) is 5.26 Å². The Bertz CT molecular complexity index is 881. The lowest BCUT2D eigenvalue weighted by molar-refractivity contribution is -0.149. The average molecular weight is 748 g/mol. The van der Waals surface area contributed by atoms with Gasteiger partial charge in [-0.05, 0) is 80.5 Å². The molecule has 0 saturated carbocycles. The third-order valence-corrected chi connectivity index (χ3v) is 10.9. The predicted octanol–water partition coefficient (Wildman–Crippen LogP) is 13.0. The van der Waals surface area contributed by atoms with Gasteiger partial charge in [-0.3, -0.25) is 14.4 Å². The Morgan fingerprint density at radius 3 is 1.21 bits per heavy atom. The molecule has 7 heteroatoms. The number of nitriles is 1. The molecule has 0 saturated heterocycles. The molecule has 0 aliphatic carbocycles. The number of carbonyl (C=O) groups excluding carboxylic acids is 3. The van der Waals surface area contributed by atoms with Gasteiger partial charge in [-0.1, -0.05) is 145 Å². The average Bonchev–Trinajstić information content (AvgIpc) is 3.10. The van der Waals surface area contributed by atoms with Crippen molar-refractivity contribution in [3.63, 3.8) is 0 Å². The van der Waals surface area contributed by atoms with E-state index in [2.05, 4.69) is 61.5 Å². The first kappa shape index (κ1) is 50.9. The zero-order valence-electron chi connectivity index (χ0n) is 36.0. The van der Waals surface area contributed by atoms with Gasteiger partial charge in [0.1, 0.15) is 0 Å². The summed E-state index contributed by atoms with van der Waals surface area (Å²) in [5, 5.41) is 8.80. The topological polar surface area (TPSA) is 103 Å². The minimum Gasteiger partial charge on any atom is -0.465 e. The van der Waals surface area contributed by atoms with Gasteiger partial charge >= 0.3 is 17.9 Å². The van der Waals surface area contributed by atoms with E-state index in [1.807, 2.05) is 0 Å². The van der Waals surface area contributed by atoms with Crippen molar-refractivity contribution in [3.8, 4) is 6.07 Å². The van der Waals surface area contributed by atoms with Crippen molar-refractivity contribution >= 4 is 17.9 Å². The number of hydrogen-bond donors (Lipinski definition) is 0. The fourth-order valence-electron chi connectivity index (χ4n) is 6.77. The van der Waals surface area contributed by atoms with Crippen LogP contribution in [0.2, 0.25) is 0 Å². The van der Waals surface area contributed by atoms with Gasteiger partial charge in [0.25, 0.3) is 0 Å². The second-order valence-corrected chi connectivity index (χ2v) is 17.5. The Balaban J connectivity index is 4.19. The first-order valence-electron chi connectivity index (χ1n) is 22.2. The summed E-state index contributed by atoms with van der Waals surface area (Å²) in [5.74, 6) is 3.05. The summed E-state index contributed by atoms with van der Waals surface area (Å²) in [5.41, 5.74) is 0. The highest BCUT2D eigenvalue weighted by Crippen LogP contribution is 2.24. The standard InChI is InChI=1S/C46H85NO6/c1-37(2)29-31-42(39(5)6)35-52-44(48)27-21-17-13-9-11-15-19-25-41(46(50)51-34-24-23-33-47)26-20-16-12-10-14-18-22-28-45(49)53-36-43(40(7)8)32-30-38(3)4/h37-43H,9-32,34-36H2,1-8H3. The lowest BCUT2D eigenvalue weighted by Crippen LogP contribution is -2.19. The Labute approximate surface area is 327 Å². The highest BCUT2D eigenvalue weighted by atomic mass is 16.5. The molecule has 2 unspecified atom stereocenters. The van der Waals surface area contributed by atoms with Gasteiger partial charge in [0.2, 0.25) is 0 Å². The number of hydrogen-bond acceptors (Lipinski definition) is 7. The van der Waals surface area contributed by atoms with Gasteiger partial charge in [0.15, 0.2) is 0 Å². The van der Waals surface area contributed by atoms with E-state index in [0.717, 1.165) is 116 Å². The number of unbranched alkanes of at least 4 members (excludes halogenated alkanes) is 13. The summed E-state index contributed by atoms with van der Waals surface area (Å²) in [4.78, 5) is 37.4. The molecule has 0 spiro atoms. The monoisotopic (exact) mass is 748 g/mol. The summed E-state index contributed by atoms with van der Waals surface area (Å²) in [6.45, 7) is 19.3. The first-order valence-corrected chi connectivity index (χ1v) is 22.2. The molecule has 0 rings (SSSR count). The lowest BCUT2D eigenvalue weighted by Gasteiger charge is -2.21. The number of nitrogens with zero attached hydrogens (tertiary/aromatic N) is 1. The Morgan fingerprint density at radius 2 is 0.849 bits per heavy atom. The van der Waals surface area contributed by atoms with E-state index in [1.54, 1.807) is 0 Å². The molecule has 0 aliphatic rings. The number of ether oxygens (including phenoxy) is 3. The van der Waals surface area contributed by atoms with Crippen LogP contribution in [0.25, 0.3) is 0 Å². The molecule has 0 radical (unpaired) electrons. The summed E-state index contributed by atoms with van der Waals surface area (Å²) < 4.78 is 16.8. The van der Waals surface area contributed by atoms with E-state index >= 15 is 0 Å². The van der Waals surface area contributed by atoms with Crippen LogP contribution in [0.4, 0.5) is 0 Å². The minimum absolute atomic E-state index is 0.0531.